The zero-order valence-corrected chi connectivity index (χ0v) is 11.4. The van der Waals surface area contributed by atoms with Gasteiger partial charge in [0.05, 0.1) is 19.3 Å². The van der Waals surface area contributed by atoms with E-state index < -0.39 is 0 Å². The molecule has 1 saturated heterocycles. The first-order valence-corrected chi connectivity index (χ1v) is 6.75. The van der Waals surface area contributed by atoms with Gasteiger partial charge in [0.15, 0.2) is 0 Å². The highest BCUT2D eigenvalue weighted by Crippen LogP contribution is 2.20. The predicted octanol–water partition coefficient (Wildman–Crippen LogP) is 2.60. The van der Waals surface area contributed by atoms with Crippen LogP contribution in [-0.2, 0) is 22.6 Å². The van der Waals surface area contributed by atoms with Crippen LogP contribution in [0.3, 0.4) is 0 Å². The number of nitrogens with two attached hydrogens (primary N) is 1. The number of rotatable bonds is 5. The fraction of sp³-hybridized carbons (Fsp3) is 0.538. The van der Waals surface area contributed by atoms with Crippen LogP contribution in [0.4, 0.5) is 0 Å². The van der Waals surface area contributed by atoms with E-state index in [2.05, 4.69) is 22.0 Å². The van der Waals surface area contributed by atoms with E-state index in [-0.39, 0.29) is 6.10 Å². The van der Waals surface area contributed by atoms with Crippen molar-refractivity contribution >= 4 is 15.9 Å². The van der Waals surface area contributed by atoms with E-state index >= 15 is 0 Å². The molecule has 1 aromatic rings. The van der Waals surface area contributed by atoms with Gasteiger partial charge in [-0.2, -0.15) is 0 Å². The summed E-state index contributed by atoms with van der Waals surface area (Å²) in [5.41, 5.74) is 7.86. The molecule has 0 bridgehead atoms. The fourth-order valence-corrected chi connectivity index (χ4v) is 2.45. The second-order valence-corrected chi connectivity index (χ2v) is 5.13. The van der Waals surface area contributed by atoms with E-state index in [1.54, 1.807) is 0 Å². The van der Waals surface area contributed by atoms with Crippen molar-refractivity contribution < 1.29 is 9.47 Å². The van der Waals surface area contributed by atoms with Gasteiger partial charge >= 0.3 is 0 Å². The van der Waals surface area contributed by atoms with Gasteiger partial charge in [-0.1, -0.05) is 28.1 Å². The van der Waals surface area contributed by atoms with Crippen LogP contribution in [0.1, 0.15) is 24.0 Å². The van der Waals surface area contributed by atoms with Crippen LogP contribution >= 0.6 is 15.9 Å². The molecule has 1 heterocycles. The van der Waals surface area contributed by atoms with Gasteiger partial charge in [0.2, 0.25) is 0 Å². The van der Waals surface area contributed by atoms with Gasteiger partial charge in [0.25, 0.3) is 0 Å². The quantitative estimate of drug-likeness (QED) is 0.909. The standard InChI is InChI=1S/C13H18BrNO2/c14-13-6-10(7-15)3-4-11(13)8-16-9-12-2-1-5-17-12/h3-4,6,12H,1-2,5,7-9,15H2. The van der Waals surface area contributed by atoms with Crippen LogP contribution in [0.15, 0.2) is 22.7 Å². The first kappa shape index (κ1) is 13.0. The number of benzene rings is 1. The Hall–Kier alpha value is -0.420. The minimum atomic E-state index is 0.289. The van der Waals surface area contributed by atoms with E-state index in [1.807, 2.05) is 12.1 Å². The Morgan fingerprint density at radius 2 is 2.35 bits per heavy atom. The minimum Gasteiger partial charge on any atom is -0.376 e. The van der Waals surface area contributed by atoms with Crippen LogP contribution in [0.5, 0.6) is 0 Å². The molecule has 1 aliphatic rings. The number of ether oxygens (including phenoxy) is 2. The molecule has 0 aliphatic carbocycles. The molecule has 0 saturated carbocycles. The van der Waals surface area contributed by atoms with Crippen molar-refractivity contribution in [2.75, 3.05) is 13.2 Å². The van der Waals surface area contributed by atoms with E-state index in [0.29, 0.717) is 19.8 Å². The lowest BCUT2D eigenvalue weighted by molar-refractivity contribution is 0.0104. The van der Waals surface area contributed by atoms with Crippen LogP contribution in [-0.4, -0.2) is 19.3 Å². The third-order valence-electron chi connectivity index (χ3n) is 2.94. The lowest BCUT2D eigenvalue weighted by Crippen LogP contribution is -2.13. The maximum Gasteiger partial charge on any atom is 0.0809 e. The number of halogens is 1. The van der Waals surface area contributed by atoms with E-state index in [4.69, 9.17) is 15.2 Å². The van der Waals surface area contributed by atoms with E-state index in [1.165, 1.54) is 0 Å². The summed E-state index contributed by atoms with van der Waals surface area (Å²) in [6.07, 6.45) is 2.56. The molecule has 4 heteroatoms. The Labute approximate surface area is 110 Å². The van der Waals surface area contributed by atoms with Gasteiger partial charge < -0.3 is 15.2 Å². The molecule has 0 amide bonds. The Bertz CT molecular complexity index is 364. The second kappa shape index (κ2) is 6.50. The summed E-state index contributed by atoms with van der Waals surface area (Å²) in [7, 11) is 0. The molecule has 1 fully saturated rings. The summed E-state index contributed by atoms with van der Waals surface area (Å²) < 4.78 is 12.2. The van der Waals surface area contributed by atoms with Gasteiger partial charge in [-0.25, -0.2) is 0 Å². The molecule has 0 radical (unpaired) electrons. The minimum absolute atomic E-state index is 0.289. The summed E-state index contributed by atoms with van der Waals surface area (Å²) in [4.78, 5) is 0. The average Bonchev–Trinajstić information content (AvgIpc) is 2.84. The molecule has 1 aromatic carbocycles. The van der Waals surface area contributed by atoms with Crippen molar-refractivity contribution in [2.24, 2.45) is 5.73 Å². The maximum absolute atomic E-state index is 5.67. The van der Waals surface area contributed by atoms with Gasteiger partial charge in [0, 0.05) is 17.6 Å². The summed E-state index contributed by atoms with van der Waals surface area (Å²) in [5.74, 6) is 0. The Kier molecular flexibility index (Phi) is 4.98. The first-order chi connectivity index (χ1) is 8.29. The van der Waals surface area contributed by atoms with Gasteiger partial charge in [-0.15, -0.1) is 0 Å². The zero-order valence-electron chi connectivity index (χ0n) is 9.82. The molecule has 0 aromatic heterocycles. The number of hydrogen-bond acceptors (Lipinski definition) is 3. The SMILES string of the molecule is NCc1ccc(COCC2CCCO2)c(Br)c1. The molecule has 0 spiro atoms. The van der Waals surface area contributed by atoms with Crippen molar-refractivity contribution in [1.29, 1.82) is 0 Å². The Balaban J connectivity index is 1.81. The Morgan fingerprint density at radius 1 is 1.47 bits per heavy atom. The average molecular weight is 300 g/mol. The van der Waals surface area contributed by atoms with Crippen molar-refractivity contribution in [3.63, 3.8) is 0 Å². The molecule has 17 heavy (non-hydrogen) atoms. The molecule has 1 aliphatic heterocycles. The highest BCUT2D eigenvalue weighted by atomic mass is 79.9. The van der Waals surface area contributed by atoms with Crippen molar-refractivity contribution in [3.8, 4) is 0 Å². The smallest absolute Gasteiger partial charge is 0.0809 e. The molecule has 2 rings (SSSR count). The number of hydrogen-bond donors (Lipinski definition) is 1. The highest BCUT2D eigenvalue weighted by molar-refractivity contribution is 9.10. The molecule has 94 valence electrons. The zero-order chi connectivity index (χ0) is 12.1. The largest absolute Gasteiger partial charge is 0.376 e. The molecule has 3 nitrogen and oxygen atoms in total. The molecular weight excluding hydrogens is 282 g/mol. The van der Waals surface area contributed by atoms with Crippen molar-refractivity contribution in [2.45, 2.75) is 32.1 Å². The maximum atomic E-state index is 5.67. The third-order valence-corrected chi connectivity index (χ3v) is 3.68. The first-order valence-electron chi connectivity index (χ1n) is 5.96. The fourth-order valence-electron chi connectivity index (χ4n) is 1.91. The van der Waals surface area contributed by atoms with Gasteiger partial charge in [-0.05, 0) is 30.0 Å². The lowest BCUT2D eigenvalue weighted by Gasteiger charge is -2.11. The predicted molar refractivity (Wildman–Crippen MR) is 70.7 cm³/mol. The van der Waals surface area contributed by atoms with Crippen molar-refractivity contribution in [1.82, 2.24) is 0 Å². The Morgan fingerprint density at radius 3 is 3.00 bits per heavy atom. The lowest BCUT2D eigenvalue weighted by atomic mass is 10.1. The molecule has 1 atom stereocenters. The molecular formula is C13H18BrNO2. The summed E-state index contributed by atoms with van der Waals surface area (Å²) in [5, 5.41) is 0. The summed E-state index contributed by atoms with van der Waals surface area (Å²) in [6, 6.07) is 6.14. The molecule has 1 unspecified atom stereocenters. The topological polar surface area (TPSA) is 44.5 Å². The van der Waals surface area contributed by atoms with Gasteiger partial charge in [0.1, 0.15) is 0 Å². The monoisotopic (exact) mass is 299 g/mol. The third kappa shape index (κ3) is 3.78. The van der Waals surface area contributed by atoms with Crippen LogP contribution in [0.2, 0.25) is 0 Å². The van der Waals surface area contributed by atoms with E-state index in [0.717, 1.165) is 35.0 Å². The van der Waals surface area contributed by atoms with Gasteiger partial charge in [-0.3, -0.25) is 0 Å². The highest BCUT2D eigenvalue weighted by Gasteiger charge is 2.15. The van der Waals surface area contributed by atoms with Crippen LogP contribution in [0.25, 0.3) is 0 Å². The summed E-state index contributed by atoms with van der Waals surface area (Å²) >= 11 is 3.53. The normalized spacial score (nSPS) is 19.8. The second-order valence-electron chi connectivity index (χ2n) is 4.28. The summed E-state index contributed by atoms with van der Waals surface area (Å²) in [6.45, 7) is 2.74. The van der Waals surface area contributed by atoms with E-state index in [9.17, 15) is 0 Å². The van der Waals surface area contributed by atoms with Crippen molar-refractivity contribution in [3.05, 3.63) is 33.8 Å². The van der Waals surface area contributed by atoms with Crippen LogP contribution in [0, 0.1) is 0 Å². The molecule has 2 N–H and O–H groups in total. The van der Waals surface area contributed by atoms with Crippen LogP contribution < -0.4 is 5.73 Å².